The van der Waals surface area contributed by atoms with Crippen LogP contribution in [0.15, 0.2) is 42.5 Å². The molecule has 2 aromatic rings. The van der Waals surface area contributed by atoms with E-state index in [1.54, 1.807) is 26.2 Å². The standard InChI is InChI=1S/C20H25NO4/c1-21(20(22)14-15-5-8-17(23-2)9-6-15)12-11-16-7-10-18(24-3)19(13-16)25-4/h5-10,13H,11-12,14H2,1-4H3. The fourth-order valence-electron chi connectivity index (χ4n) is 2.51. The lowest BCUT2D eigenvalue weighted by molar-refractivity contribution is -0.129. The summed E-state index contributed by atoms with van der Waals surface area (Å²) < 4.78 is 15.7. The van der Waals surface area contributed by atoms with Crippen LogP contribution in [0.25, 0.3) is 0 Å². The van der Waals surface area contributed by atoms with Crippen molar-refractivity contribution < 1.29 is 19.0 Å². The van der Waals surface area contributed by atoms with E-state index in [0.717, 1.165) is 23.3 Å². The molecule has 25 heavy (non-hydrogen) atoms. The highest BCUT2D eigenvalue weighted by Gasteiger charge is 2.11. The van der Waals surface area contributed by atoms with Crippen LogP contribution in [0.5, 0.6) is 17.2 Å². The Hall–Kier alpha value is -2.69. The third kappa shape index (κ3) is 5.14. The maximum Gasteiger partial charge on any atom is 0.226 e. The van der Waals surface area contributed by atoms with Gasteiger partial charge >= 0.3 is 0 Å². The SMILES string of the molecule is COc1ccc(CC(=O)N(C)CCc2ccc(OC)c(OC)c2)cc1. The van der Waals surface area contributed by atoms with E-state index in [4.69, 9.17) is 14.2 Å². The van der Waals surface area contributed by atoms with Crippen LogP contribution >= 0.6 is 0 Å². The van der Waals surface area contributed by atoms with E-state index in [1.165, 1.54) is 0 Å². The van der Waals surface area contributed by atoms with Crippen LogP contribution in [0.4, 0.5) is 0 Å². The Kier molecular flexibility index (Phi) is 6.69. The van der Waals surface area contributed by atoms with Crippen molar-refractivity contribution in [3.8, 4) is 17.2 Å². The average molecular weight is 343 g/mol. The van der Waals surface area contributed by atoms with Crippen molar-refractivity contribution in [3.05, 3.63) is 53.6 Å². The number of rotatable bonds is 8. The largest absolute Gasteiger partial charge is 0.497 e. The Morgan fingerprint density at radius 3 is 2.12 bits per heavy atom. The molecule has 0 atom stereocenters. The van der Waals surface area contributed by atoms with Gasteiger partial charge in [0.05, 0.1) is 27.8 Å². The summed E-state index contributed by atoms with van der Waals surface area (Å²) in [6, 6.07) is 13.4. The molecule has 0 radical (unpaired) electrons. The Labute approximate surface area is 149 Å². The summed E-state index contributed by atoms with van der Waals surface area (Å²) in [6.45, 7) is 0.643. The van der Waals surface area contributed by atoms with E-state index in [0.29, 0.717) is 24.5 Å². The third-order valence-corrected chi connectivity index (χ3v) is 4.12. The van der Waals surface area contributed by atoms with E-state index < -0.39 is 0 Å². The Bertz CT molecular complexity index is 697. The molecule has 0 saturated carbocycles. The zero-order valence-electron chi connectivity index (χ0n) is 15.2. The van der Waals surface area contributed by atoms with Crippen molar-refractivity contribution in [2.24, 2.45) is 0 Å². The average Bonchev–Trinajstić information content (AvgIpc) is 2.66. The van der Waals surface area contributed by atoms with Gasteiger partial charge in [-0.25, -0.2) is 0 Å². The number of nitrogens with zero attached hydrogens (tertiary/aromatic N) is 1. The first kappa shape index (κ1) is 18.6. The quantitative estimate of drug-likeness (QED) is 0.739. The van der Waals surface area contributed by atoms with E-state index in [9.17, 15) is 4.79 Å². The molecule has 0 fully saturated rings. The number of carbonyl (C=O) groups excluding carboxylic acids is 1. The summed E-state index contributed by atoms with van der Waals surface area (Å²) >= 11 is 0. The second-order valence-corrected chi connectivity index (χ2v) is 5.78. The fourth-order valence-corrected chi connectivity index (χ4v) is 2.51. The third-order valence-electron chi connectivity index (χ3n) is 4.12. The summed E-state index contributed by atoms with van der Waals surface area (Å²) in [5, 5.41) is 0. The van der Waals surface area contributed by atoms with E-state index in [2.05, 4.69) is 0 Å². The first-order chi connectivity index (χ1) is 12.1. The van der Waals surface area contributed by atoms with Crippen molar-refractivity contribution in [1.29, 1.82) is 0 Å². The molecule has 0 spiro atoms. The van der Waals surface area contributed by atoms with Gasteiger partial charge < -0.3 is 19.1 Å². The molecule has 1 amide bonds. The van der Waals surface area contributed by atoms with Crippen molar-refractivity contribution in [2.75, 3.05) is 34.9 Å². The predicted octanol–water partition coefficient (Wildman–Crippen LogP) is 2.96. The molecule has 0 heterocycles. The number of carbonyl (C=O) groups is 1. The Morgan fingerprint density at radius 1 is 0.880 bits per heavy atom. The summed E-state index contributed by atoms with van der Waals surface area (Å²) in [4.78, 5) is 14.1. The summed E-state index contributed by atoms with van der Waals surface area (Å²) in [5.41, 5.74) is 2.07. The molecule has 134 valence electrons. The number of benzene rings is 2. The second-order valence-electron chi connectivity index (χ2n) is 5.78. The van der Waals surface area contributed by atoms with Gasteiger partial charge in [0.25, 0.3) is 0 Å². The number of amides is 1. The summed E-state index contributed by atoms with van der Waals surface area (Å²) in [7, 11) is 6.68. The monoisotopic (exact) mass is 343 g/mol. The van der Waals surface area contributed by atoms with Crippen molar-refractivity contribution in [3.63, 3.8) is 0 Å². The van der Waals surface area contributed by atoms with Gasteiger partial charge in [-0.15, -0.1) is 0 Å². The molecular formula is C20H25NO4. The molecule has 0 bridgehead atoms. The highest BCUT2D eigenvalue weighted by atomic mass is 16.5. The minimum Gasteiger partial charge on any atom is -0.497 e. The lowest BCUT2D eigenvalue weighted by Crippen LogP contribution is -2.30. The molecule has 0 aliphatic carbocycles. The van der Waals surface area contributed by atoms with Crippen LogP contribution in [-0.4, -0.2) is 45.7 Å². The Morgan fingerprint density at radius 2 is 1.52 bits per heavy atom. The van der Waals surface area contributed by atoms with Gasteiger partial charge in [-0.1, -0.05) is 18.2 Å². The minimum absolute atomic E-state index is 0.0886. The van der Waals surface area contributed by atoms with Gasteiger partial charge in [-0.3, -0.25) is 4.79 Å². The van der Waals surface area contributed by atoms with Gasteiger partial charge in [0.1, 0.15) is 5.75 Å². The van der Waals surface area contributed by atoms with Crippen LogP contribution < -0.4 is 14.2 Å². The first-order valence-electron chi connectivity index (χ1n) is 8.15. The number of hydrogen-bond acceptors (Lipinski definition) is 4. The molecule has 2 rings (SSSR count). The van der Waals surface area contributed by atoms with Crippen LogP contribution in [0, 0.1) is 0 Å². The van der Waals surface area contributed by atoms with Crippen LogP contribution in [0.1, 0.15) is 11.1 Å². The molecule has 5 heteroatoms. The molecule has 0 aliphatic heterocycles. The topological polar surface area (TPSA) is 48.0 Å². The molecule has 0 N–H and O–H groups in total. The minimum atomic E-state index is 0.0886. The summed E-state index contributed by atoms with van der Waals surface area (Å²) in [5.74, 6) is 2.28. The zero-order chi connectivity index (χ0) is 18.2. The highest BCUT2D eigenvalue weighted by Crippen LogP contribution is 2.27. The summed E-state index contributed by atoms with van der Waals surface area (Å²) in [6.07, 6.45) is 1.14. The van der Waals surface area contributed by atoms with Gasteiger partial charge in [0.2, 0.25) is 5.91 Å². The molecule has 0 aliphatic rings. The highest BCUT2D eigenvalue weighted by molar-refractivity contribution is 5.78. The number of likely N-dealkylation sites (N-methyl/N-ethyl adjacent to an activating group) is 1. The van der Waals surface area contributed by atoms with Crippen molar-refractivity contribution in [1.82, 2.24) is 4.90 Å². The molecule has 0 saturated heterocycles. The van der Waals surface area contributed by atoms with Gasteiger partial charge in [-0.2, -0.15) is 0 Å². The van der Waals surface area contributed by atoms with Crippen molar-refractivity contribution in [2.45, 2.75) is 12.8 Å². The number of hydrogen-bond donors (Lipinski definition) is 0. The van der Waals surface area contributed by atoms with E-state index >= 15 is 0 Å². The van der Waals surface area contributed by atoms with E-state index in [-0.39, 0.29) is 5.91 Å². The van der Waals surface area contributed by atoms with Crippen LogP contribution in [0.2, 0.25) is 0 Å². The smallest absolute Gasteiger partial charge is 0.226 e. The van der Waals surface area contributed by atoms with Gasteiger partial charge in [0.15, 0.2) is 11.5 Å². The van der Waals surface area contributed by atoms with Gasteiger partial charge in [-0.05, 0) is 41.8 Å². The fraction of sp³-hybridized carbons (Fsp3) is 0.350. The van der Waals surface area contributed by atoms with E-state index in [1.807, 2.05) is 49.5 Å². The van der Waals surface area contributed by atoms with Gasteiger partial charge in [0, 0.05) is 13.6 Å². The molecule has 5 nitrogen and oxygen atoms in total. The maximum atomic E-state index is 12.4. The maximum absolute atomic E-state index is 12.4. The molecule has 0 unspecified atom stereocenters. The second kappa shape index (κ2) is 8.97. The Balaban J connectivity index is 1.90. The van der Waals surface area contributed by atoms with Crippen LogP contribution in [-0.2, 0) is 17.6 Å². The lowest BCUT2D eigenvalue weighted by atomic mass is 10.1. The first-order valence-corrected chi connectivity index (χ1v) is 8.15. The number of methoxy groups -OCH3 is 3. The van der Waals surface area contributed by atoms with Crippen molar-refractivity contribution >= 4 is 5.91 Å². The lowest BCUT2D eigenvalue weighted by Gasteiger charge is -2.18. The van der Waals surface area contributed by atoms with Crippen LogP contribution in [0.3, 0.4) is 0 Å². The molecule has 0 aromatic heterocycles. The molecule has 2 aromatic carbocycles. The normalized spacial score (nSPS) is 10.2. The predicted molar refractivity (Wildman–Crippen MR) is 97.6 cm³/mol. The zero-order valence-corrected chi connectivity index (χ0v) is 15.2. The number of ether oxygens (including phenoxy) is 3. The molecular weight excluding hydrogens is 318 g/mol.